The highest BCUT2D eigenvalue weighted by Gasteiger charge is 2.20. The fraction of sp³-hybridized carbons (Fsp3) is 0.810. The first-order valence-electron chi connectivity index (χ1n) is 10.5. The standard InChI is InChI=1S/C21H35N3O/c22-17-19(21(25)24-15-11-8-12-16-24)18-23-20-13-9-6-4-2-1-3-5-7-10-14-20/h18,20,23H,1-16H2/b19-18-. The van der Waals surface area contributed by atoms with Crippen molar-refractivity contribution in [2.24, 2.45) is 0 Å². The second kappa shape index (κ2) is 12.0. The zero-order chi connectivity index (χ0) is 17.7. The van der Waals surface area contributed by atoms with E-state index < -0.39 is 0 Å². The Morgan fingerprint density at radius 3 is 1.84 bits per heavy atom. The van der Waals surface area contributed by atoms with E-state index in [4.69, 9.17) is 0 Å². The summed E-state index contributed by atoms with van der Waals surface area (Å²) in [6.45, 7) is 1.59. The van der Waals surface area contributed by atoms with Crippen LogP contribution in [0.1, 0.15) is 89.9 Å². The number of carbonyl (C=O) groups is 1. The van der Waals surface area contributed by atoms with Crippen molar-refractivity contribution in [1.29, 1.82) is 5.26 Å². The minimum atomic E-state index is -0.0946. The normalized spacial score (nSPS) is 22.4. The summed E-state index contributed by atoms with van der Waals surface area (Å²) in [4.78, 5) is 14.3. The average Bonchev–Trinajstić information content (AvgIpc) is 2.64. The SMILES string of the molecule is N#C/C(=C/NC1CCCCCCCCCCC1)C(=O)N1CCCCC1. The van der Waals surface area contributed by atoms with E-state index in [1.165, 1.54) is 64.2 Å². The maximum absolute atomic E-state index is 12.5. The molecule has 0 bridgehead atoms. The van der Waals surface area contributed by atoms with Crippen molar-refractivity contribution < 1.29 is 4.79 Å². The van der Waals surface area contributed by atoms with Gasteiger partial charge in [0.05, 0.1) is 0 Å². The summed E-state index contributed by atoms with van der Waals surface area (Å²) in [5, 5.41) is 12.8. The number of likely N-dealkylation sites (tertiary alicyclic amines) is 1. The molecule has 1 aliphatic heterocycles. The van der Waals surface area contributed by atoms with Crippen molar-refractivity contribution in [1.82, 2.24) is 10.2 Å². The average molecular weight is 346 g/mol. The molecule has 0 radical (unpaired) electrons. The lowest BCUT2D eigenvalue weighted by Crippen LogP contribution is -2.37. The van der Waals surface area contributed by atoms with Gasteiger partial charge in [-0.15, -0.1) is 0 Å². The molecular formula is C21H35N3O. The Labute approximate surface area is 153 Å². The van der Waals surface area contributed by atoms with Crippen LogP contribution in [0.5, 0.6) is 0 Å². The Kier molecular flexibility index (Phi) is 9.47. The first-order valence-corrected chi connectivity index (χ1v) is 10.5. The summed E-state index contributed by atoms with van der Waals surface area (Å²) < 4.78 is 0. The molecule has 4 heteroatoms. The zero-order valence-corrected chi connectivity index (χ0v) is 15.8. The van der Waals surface area contributed by atoms with E-state index >= 15 is 0 Å². The molecule has 0 aromatic heterocycles. The summed E-state index contributed by atoms with van der Waals surface area (Å²) in [6, 6.07) is 2.51. The van der Waals surface area contributed by atoms with Crippen LogP contribution in [0.25, 0.3) is 0 Å². The van der Waals surface area contributed by atoms with Gasteiger partial charge in [-0.05, 0) is 32.1 Å². The van der Waals surface area contributed by atoms with Crippen molar-refractivity contribution in [2.75, 3.05) is 13.1 Å². The van der Waals surface area contributed by atoms with Gasteiger partial charge in [-0.1, -0.05) is 57.8 Å². The third-order valence-corrected chi connectivity index (χ3v) is 5.56. The molecule has 0 aromatic rings. The van der Waals surface area contributed by atoms with Crippen molar-refractivity contribution in [2.45, 2.75) is 95.9 Å². The highest BCUT2D eigenvalue weighted by Crippen LogP contribution is 2.17. The number of piperidine rings is 1. The number of amides is 1. The van der Waals surface area contributed by atoms with Crippen LogP contribution in [0, 0.1) is 11.3 Å². The van der Waals surface area contributed by atoms with Gasteiger partial charge in [-0.3, -0.25) is 4.79 Å². The van der Waals surface area contributed by atoms with Crippen LogP contribution in [0.2, 0.25) is 0 Å². The van der Waals surface area contributed by atoms with Crippen LogP contribution in [0.3, 0.4) is 0 Å². The molecule has 2 fully saturated rings. The fourth-order valence-corrected chi connectivity index (χ4v) is 3.94. The zero-order valence-electron chi connectivity index (χ0n) is 15.8. The van der Waals surface area contributed by atoms with Gasteiger partial charge >= 0.3 is 0 Å². The van der Waals surface area contributed by atoms with Crippen molar-refractivity contribution in [3.8, 4) is 6.07 Å². The van der Waals surface area contributed by atoms with Crippen molar-refractivity contribution in [3.63, 3.8) is 0 Å². The number of nitriles is 1. The van der Waals surface area contributed by atoms with Crippen molar-refractivity contribution >= 4 is 5.91 Å². The van der Waals surface area contributed by atoms with Crippen LogP contribution in [-0.2, 0) is 4.79 Å². The molecule has 0 atom stereocenters. The van der Waals surface area contributed by atoms with Crippen LogP contribution in [0.4, 0.5) is 0 Å². The molecule has 1 aliphatic carbocycles. The quantitative estimate of drug-likeness (QED) is 0.597. The number of carbonyl (C=O) groups excluding carboxylic acids is 1. The lowest BCUT2D eigenvalue weighted by molar-refractivity contribution is -0.127. The molecule has 1 saturated heterocycles. The molecule has 1 amide bonds. The van der Waals surface area contributed by atoms with E-state index in [0.29, 0.717) is 6.04 Å². The molecule has 2 rings (SSSR count). The molecule has 2 aliphatic rings. The van der Waals surface area contributed by atoms with E-state index in [1.807, 2.05) is 4.90 Å². The van der Waals surface area contributed by atoms with Gasteiger partial charge in [0.25, 0.3) is 5.91 Å². The Balaban J connectivity index is 1.87. The van der Waals surface area contributed by atoms with Gasteiger partial charge in [0.2, 0.25) is 0 Å². The number of hydrogen-bond donors (Lipinski definition) is 1. The van der Waals surface area contributed by atoms with E-state index in [0.717, 1.165) is 38.8 Å². The number of hydrogen-bond acceptors (Lipinski definition) is 3. The van der Waals surface area contributed by atoms with Crippen LogP contribution in [-0.4, -0.2) is 29.9 Å². The Morgan fingerprint density at radius 1 is 0.840 bits per heavy atom. The summed E-state index contributed by atoms with van der Waals surface area (Å²) in [5.74, 6) is -0.0946. The van der Waals surface area contributed by atoms with Gasteiger partial charge in [0.1, 0.15) is 11.6 Å². The second-order valence-electron chi connectivity index (χ2n) is 7.65. The molecule has 0 spiro atoms. The van der Waals surface area contributed by atoms with E-state index in [2.05, 4.69) is 11.4 Å². The first-order chi connectivity index (χ1) is 12.3. The maximum Gasteiger partial charge on any atom is 0.265 e. The van der Waals surface area contributed by atoms with E-state index in [1.54, 1.807) is 6.20 Å². The Hall–Kier alpha value is -1.50. The summed E-state index contributed by atoms with van der Waals surface area (Å²) in [5.41, 5.74) is 0.271. The number of nitrogens with zero attached hydrogens (tertiary/aromatic N) is 2. The number of rotatable bonds is 3. The lowest BCUT2D eigenvalue weighted by atomic mass is 9.98. The smallest absolute Gasteiger partial charge is 0.265 e. The Morgan fingerprint density at radius 2 is 1.32 bits per heavy atom. The van der Waals surface area contributed by atoms with Crippen molar-refractivity contribution in [3.05, 3.63) is 11.8 Å². The van der Waals surface area contributed by atoms with Crippen LogP contribution < -0.4 is 5.32 Å². The van der Waals surface area contributed by atoms with Gasteiger partial charge in [-0.2, -0.15) is 5.26 Å². The summed E-state index contributed by atoms with van der Waals surface area (Å²) in [7, 11) is 0. The summed E-state index contributed by atoms with van der Waals surface area (Å²) >= 11 is 0. The highest BCUT2D eigenvalue weighted by atomic mass is 16.2. The van der Waals surface area contributed by atoms with E-state index in [9.17, 15) is 10.1 Å². The molecule has 0 unspecified atom stereocenters. The van der Waals surface area contributed by atoms with Gasteiger partial charge < -0.3 is 10.2 Å². The fourth-order valence-electron chi connectivity index (χ4n) is 3.94. The van der Waals surface area contributed by atoms with Gasteiger partial charge in [-0.25, -0.2) is 0 Å². The minimum Gasteiger partial charge on any atom is -0.387 e. The van der Waals surface area contributed by atoms with Gasteiger partial charge in [0, 0.05) is 25.3 Å². The molecular weight excluding hydrogens is 310 g/mol. The highest BCUT2D eigenvalue weighted by molar-refractivity contribution is 5.97. The molecule has 1 N–H and O–H groups in total. The molecule has 0 aromatic carbocycles. The van der Waals surface area contributed by atoms with Crippen LogP contribution >= 0.6 is 0 Å². The first kappa shape index (κ1) is 19.8. The lowest BCUT2D eigenvalue weighted by Gasteiger charge is -2.26. The third-order valence-electron chi connectivity index (χ3n) is 5.56. The monoisotopic (exact) mass is 345 g/mol. The molecule has 25 heavy (non-hydrogen) atoms. The molecule has 1 heterocycles. The van der Waals surface area contributed by atoms with Crippen LogP contribution in [0.15, 0.2) is 11.8 Å². The molecule has 4 nitrogen and oxygen atoms in total. The van der Waals surface area contributed by atoms with Gasteiger partial charge in [0.15, 0.2) is 0 Å². The Bertz CT molecular complexity index is 448. The third kappa shape index (κ3) is 7.50. The molecule has 1 saturated carbocycles. The predicted molar refractivity (Wildman–Crippen MR) is 102 cm³/mol. The second-order valence-corrected chi connectivity index (χ2v) is 7.65. The molecule has 140 valence electrons. The topological polar surface area (TPSA) is 56.1 Å². The minimum absolute atomic E-state index is 0.0946. The largest absolute Gasteiger partial charge is 0.387 e. The maximum atomic E-state index is 12.5. The summed E-state index contributed by atoms with van der Waals surface area (Å²) in [6.07, 6.45) is 19.2. The number of nitrogens with one attached hydrogen (secondary N) is 1. The predicted octanol–water partition coefficient (Wildman–Crippen LogP) is 4.67. The van der Waals surface area contributed by atoms with E-state index in [-0.39, 0.29) is 11.5 Å².